The van der Waals surface area contributed by atoms with Crippen molar-refractivity contribution in [2.75, 3.05) is 19.8 Å². The monoisotopic (exact) mass is 479 g/mol. The van der Waals surface area contributed by atoms with Gasteiger partial charge in [-0.05, 0) is 64.3 Å². The Labute approximate surface area is 165 Å². The van der Waals surface area contributed by atoms with Gasteiger partial charge < -0.3 is 14.3 Å². The van der Waals surface area contributed by atoms with Crippen LogP contribution < -0.4 is 9.47 Å². The number of benzene rings is 1. The zero-order valence-corrected chi connectivity index (χ0v) is 18.0. The Morgan fingerprint density at radius 2 is 1.96 bits per heavy atom. The lowest BCUT2D eigenvalue weighted by Crippen LogP contribution is -2.06. The van der Waals surface area contributed by atoms with E-state index in [4.69, 9.17) is 14.3 Å². The van der Waals surface area contributed by atoms with E-state index in [9.17, 15) is 4.39 Å². The highest BCUT2D eigenvalue weighted by Crippen LogP contribution is 2.30. The summed E-state index contributed by atoms with van der Waals surface area (Å²) in [5.74, 6) is 0.370. The minimum Gasteiger partial charge on any atom is -0.490 e. The molecule has 1 aromatic rings. The second-order valence-corrected chi connectivity index (χ2v) is 8.29. The number of nitrogens with zero attached hydrogens (tertiary/aromatic N) is 1. The predicted octanol–water partition coefficient (Wildman–Crippen LogP) is 5.97. The molecule has 0 radical (unpaired) electrons. The molecule has 0 aliphatic heterocycles. The van der Waals surface area contributed by atoms with Crippen LogP contribution in [0.3, 0.4) is 0 Å². The van der Waals surface area contributed by atoms with E-state index in [-0.39, 0.29) is 0 Å². The van der Waals surface area contributed by atoms with E-state index in [0.29, 0.717) is 37.7 Å². The summed E-state index contributed by atoms with van der Waals surface area (Å²) in [4.78, 5) is 5.10. The molecule has 7 heteroatoms. The lowest BCUT2D eigenvalue weighted by molar-refractivity contribution is 0.126. The molecule has 0 aliphatic rings. The molecule has 0 aromatic heterocycles. The summed E-state index contributed by atoms with van der Waals surface area (Å²) in [5.41, 5.74) is 1.66. The number of halogens is 3. The fraction of sp³-hybridized carbons (Fsp3) is 0.500. The van der Waals surface area contributed by atoms with Crippen LogP contribution >= 0.6 is 31.9 Å². The summed E-state index contributed by atoms with van der Waals surface area (Å²) in [7, 11) is 0. The summed E-state index contributed by atoms with van der Waals surface area (Å²) in [6, 6.07) is 3.19. The highest BCUT2D eigenvalue weighted by Gasteiger charge is 2.13. The van der Waals surface area contributed by atoms with E-state index in [2.05, 4.69) is 37.0 Å². The number of hydrogen-bond donors (Lipinski definition) is 0. The topological polar surface area (TPSA) is 40.0 Å². The maximum absolute atomic E-state index is 14.4. The molecule has 0 saturated carbocycles. The van der Waals surface area contributed by atoms with Crippen LogP contribution in [0.25, 0.3) is 0 Å². The molecule has 0 atom stereocenters. The fourth-order valence-electron chi connectivity index (χ4n) is 2.00. The largest absolute Gasteiger partial charge is 0.490 e. The van der Waals surface area contributed by atoms with Gasteiger partial charge in [-0.3, -0.25) is 0 Å². The molecule has 0 aliphatic carbocycles. The average molecular weight is 481 g/mol. The standard InChI is InChI=1S/C18H24Br2FNO3/c1-4-6-14-11-15(23-10-7-17(19)20)12-16(21)18(14)24-8-5-9-25-22-13(2)3/h7,11-12H,4-6,8-10H2,1-3H3. The molecule has 0 N–H and O–H groups in total. The minimum absolute atomic E-state index is 0.293. The lowest BCUT2D eigenvalue weighted by Gasteiger charge is -2.14. The van der Waals surface area contributed by atoms with E-state index in [1.54, 1.807) is 6.08 Å². The highest BCUT2D eigenvalue weighted by molar-refractivity contribution is 9.28. The van der Waals surface area contributed by atoms with Gasteiger partial charge in [0, 0.05) is 18.1 Å². The maximum atomic E-state index is 14.4. The third-order valence-corrected chi connectivity index (χ3v) is 3.62. The maximum Gasteiger partial charge on any atom is 0.169 e. The van der Waals surface area contributed by atoms with Gasteiger partial charge >= 0.3 is 0 Å². The molecule has 0 unspecified atom stereocenters. The van der Waals surface area contributed by atoms with Crippen molar-refractivity contribution in [3.05, 3.63) is 33.0 Å². The summed E-state index contributed by atoms with van der Waals surface area (Å²) in [6.45, 7) is 6.90. The van der Waals surface area contributed by atoms with Crippen molar-refractivity contribution in [3.63, 3.8) is 0 Å². The number of aryl methyl sites for hydroxylation is 1. The number of hydrogen-bond acceptors (Lipinski definition) is 4. The number of oxime groups is 1. The van der Waals surface area contributed by atoms with Crippen LogP contribution in [0.5, 0.6) is 11.5 Å². The van der Waals surface area contributed by atoms with Gasteiger partial charge in [-0.15, -0.1) is 0 Å². The Hall–Kier alpha value is -1.08. The molecule has 25 heavy (non-hydrogen) atoms. The van der Waals surface area contributed by atoms with Crippen molar-refractivity contribution in [1.29, 1.82) is 0 Å². The van der Waals surface area contributed by atoms with Gasteiger partial charge in [0.05, 0.1) is 15.7 Å². The highest BCUT2D eigenvalue weighted by atomic mass is 79.9. The van der Waals surface area contributed by atoms with Crippen LogP contribution in [0, 0.1) is 5.82 Å². The lowest BCUT2D eigenvalue weighted by atomic mass is 10.1. The summed E-state index contributed by atoms with van der Waals surface area (Å²) in [5, 5.41) is 3.85. The molecule has 0 spiro atoms. The van der Waals surface area contributed by atoms with Gasteiger partial charge in [0.15, 0.2) is 11.6 Å². The molecular formula is C18H24Br2FNO3. The van der Waals surface area contributed by atoms with E-state index in [1.165, 1.54) is 6.07 Å². The first-order chi connectivity index (χ1) is 11.9. The second-order valence-electron chi connectivity index (χ2n) is 5.52. The van der Waals surface area contributed by atoms with Crippen LogP contribution in [0.4, 0.5) is 4.39 Å². The first kappa shape index (κ1) is 22.0. The van der Waals surface area contributed by atoms with Crippen LogP contribution in [0.1, 0.15) is 39.2 Å². The number of ether oxygens (including phenoxy) is 2. The number of rotatable bonds is 11. The summed E-state index contributed by atoms with van der Waals surface area (Å²) in [6.07, 6.45) is 4.03. The van der Waals surface area contributed by atoms with Crippen LogP contribution in [0.15, 0.2) is 26.8 Å². The van der Waals surface area contributed by atoms with Crippen LogP contribution in [-0.4, -0.2) is 25.5 Å². The quantitative estimate of drug-likeness (QED) is 0.222. The van der Waals surface area contributed by atoms with Crippen molar-refractivity contribution in [2.24, 2.45) is 5.16 Å². The fourth-order valence-corrected chi connectivity index (χ4v) is 2.26. The van der Waals surface area contributed by atoms with Gasteiger partial charge in [0.1, 0.15) is 19.0 Å². The van der Waals surface area contributed by atoms with Crippen molar-refractivity contribution in [3.8, 4) is 11.5 Å². The van der Waals surface area contributed by atoms with Crippen molar-refractivity contribution >= 4 is 37.6 Å². The Kier molecular flexibility index (Phi) is 10.8. The van der Waals surface area contributed by atoms with E-state index < -0.39 is 5.82 Å². The molecule has 1 aromatic carbocycles. The molecule has 0 amide bonds. The Bertz CT molecular complexity index is 598. The van der Waals surface area contributed by atoms with Crippen molar-refractivity contribution in [1.82, 2.24) is 0 Å². The average Bonchev–Trinajstić information content (AvgIpc) is 2.52. The normalized spacial score (nSPS) is 10.2. The van der Waals surface area contributed by atoms with Gasteiger partial charge in [0.2, 0.25) is 0 Å². The smallest absolute Gasteiger partial charge is 0.169 e. The van der Waals surface area contributed by atoms with Gasteiger partial charge in [-0.2, -0.15) is 0 Å². The Balaban J connectivity index is 2.67. The third kappa shape index (κ3) is 9.26. The molecule has 0 heterocycles. The summed E-state index contributed by atoms with van der Waals surface area (Å²) >= 11 is 6.51. The molecule has 1 rings (SSSR count). The predicted molar refractivity (Wildman–Crippen MR) is 107 cm³/mol. The van der Waals surface area contributed by atoms with Gasteiger partial charge in [0.25, 0.3) is 0 Å². The van der Waals surface area contributed by atoms with E-state index in [0.717, 1.165) is 27.5 Å². The van der Waals surface area contributed by atoms with Gasteiger partial charge in [-0.25, -0.2) is 4.39 Å². The third-order valence-electron chi connectivity index (χ3n) is 2.97. The molecule has 140 valence electrons. The Morgan fingerprint density at radius 3 is 2.60 bits per heavy atom. The van der Waals surface area contributed by atoms with Crippen LogP contribution in [0.2, 0.25) is 0 Å². The zero-order chi connectivity index (χ0) is 18.7. The van der Waals surface area contributed by atoms with Crippen molar-refractivity contribution in [2.45, 2.75) is 40.0 Å². The van der Waals surface area contributed by atoms with Crippen LogP contribution in [-0.2, 0) is 11.3 Å². The molecule has 0 bridgehead atoms. The molecule has 4 nitrogen and oxygen atoms in total. The molecular weight excluding hydrogens is 457 g/mol. The summed E-state index contributed by atoms with van der Waals surface area (Å²) < 4.78 is 26.4. The SMILES string of the molecule is CCCc1cc(OCC=C(Br)Br)cc(F)c1OCCCON=C(C)C. The van der Waals surface area contributed by atoms with Gasteiger partial charge in [-0.1, -0.05) is 18.5 Å². The first-order valence-corrected chi connectivity index (χ1v) is 9.75. The van der Waals surface area contributed by atoms with E-state index in [1.807, 2.05) is 26.8 Å². The van der Waals surface area contributed by atoms with E-state index >= 15 is 0 Å². The zero-order valence-electron chi connectivity index (χ0n) is 14.8. The second kappa shape index (κ2) is 12.3. The minimum atomic E-state index is -0.411. The van der Waals surface area contributed by atoms with Crippen molar-refractivity contribution < 1.29 is 18.7 Å². The molecule has 0 saturated heterocycles. The first-order valence-electron chi connectivity index (χ1n) is 8.16. The Morgan fingerprint density at radius 1 is 1.20 bits per heavy atom. The molecule has 0 fully saturated rings.